The molecule has 1 aromatic carbocycles. The fourth-order valence-corrected chi connectivity index (χ4v) is 3.28. The number of halogens is 1. The van der Waals surface area contributed by atoms with E-state index in [1.165, 1.54) is 5.56 Å². The summed E-state index contributed by atoms with van der Waals surface area (Å²) >= 11 is 3.54. The molecule has 1 aliphatic heterocycles. The van der Waals surface area contributed by atoms with Gasteiger partial charge in [0.2, 0.25) is 5.91 Å². The van der Waals surface area contributed by atoms with E-state index in [9.17, 15) is 4.79 Å². The minimum absolute atomic E-state index is 0.0288. The van der Waals surface area contributed by atoms with E-state index in [1.807, 2.05) is 6.07 Å². The Morgan fingerprint density at radius 1 is 1.41 bits per heavy atom. The second-order valence-electron chi connectivity index (χ2n) is 5.78. The summed E-state index contributed by atoms with van der Waals surface area (Å²) in [6.45, 7) is 2.77. The van der Waals surface area contributed by atoms with E-state index in [2.05, 4.69) is 39.4 Å². The zero-order chi connectivity index (χ0) is 15.8. The first-order chi connectivity index (χ1) is 10.7. The molecule has 1 saturated heterocycles. The molecule has 0 unspecified atom stereocenters. The lowest BCUT2D eigenvalue weighted by Gasteiger charge is -2.38. The molecule has 1 aromatic rings. The van der Waals surface area contributed by atoms with Crippen molar-refractivity contribution in [1.29, 1.82) is 0 Å². The van der Waals surface area contributed by atoms with E-state index in [4.69, 9.17) is 9.47 Å². The van der Waals surface area contributed by atoms with E-state index < -0.39 is 0 Å². The van der Waals surface area contributed by atoms with Crippen molar-refractivity contribution in [3.8, 4) is 0 Å². The molecule has 1 aliphatic rings. The summed E-state index contributed by atoms with van der Waals surface area (Å²) in [7, 11) is 1.65. The standard InChI is InChI=1S/C17H24BrNO3/c1-21-9-3-6-16(20)19-13-17(7-10-22-11-8-17)14-4-2-5-15(18)12-14/h2,4-5,12H,3,6-11,13H2,1H3,(H,19,20). The van der Waals surface area contributed by atoms with E-state index in [-0.39, 0.29) is 11.3 Å². The van der Waals surface area contributed by atoms with Crippen LogP contribution in [0.3, 0.4) is 0 Å². The molecule has 0 aromatic heterocycles. The highest BCUT2D eigenvalue weighted by atomic mass is 79.9. The third-order valence-electron chi connectivity index (χ3n) is 4.26. The van der Waals surface area contributed by atoms with Crippen LogP contribution >= 0.6 is 15.9 Å². The van der Waals surface area contributed by atoms with Crippen molar-refractivity contribution in [3.05, 3.63) is 34.3 Å². The van der Waals surface area contributed by atoms with E-state index in [1.54, 1.807) is 7.11 Å². The maximum atomic E-state index is 12.0. The maximum Gasteiger partial charge on any atom is 0.220 e. The van der Waals surface area contributed by atoms with Crippen LogP contribution in [-0.2, 0) is 19.7 Å². The van der Waals surface area contributed by atoms with Crippen LogP contribution in [0.4, 0.5) is 0 Å². The highest BCUT2D eigenvalue weighted by Crippen LogP contribution is 2.35. The van der Waals surface area contributed by atoms with Gasteiger partial charge in [-0.3, -0.25) is 4.79 Å². The van der Waals surface area contributed by atoms with Crippen LogP contribution in [0.15, 0.2) is 28.7 Å². The minimum atomic E-state index is -0.0288. The zero-order valence-electron chi connectivity index (χ0n) is 13.1. The maximum absolute atomic E-state index is 12.0. The van der Waals surface area contributed by atoms with Crippen LogP contribution in [-0.4, -0.2) is 39.4 Å². The lowest BCUT2D eigenvalue weighted by molar-refractivity contribution is -0.121. The van der Waals surface area contributed by atoms with Gasteiger partial charge in [0.1, 0.15) is 0 Å². The molecule has 2 rings (SSSR count). The molecular formula is C17H24BrNO3. The molecule has 1 amide bonds. The SMILES string of the molecule is COCCCC(=O)NCC1(c2cccc(Br)c2)CCOCC1. The van der Waals surface area contributed by atoms with Crippen LogP contribution < -0.4 is 5.32 Å². The molecule has 0 aliphatic carbocycles. The molecule has 0 bridgehead atoms. The summed E-state index contributed by atoms with van der Waals surface area (Å²) in [5.74, 6) is 0.0953. The molecule has 0 radical (unpaired) electrons. The monoisotopic (exact) mass is 369 g/mol. The van der Waals surface area contributed by atoms with Crippen molar-refractivity contribution in [2.45, 2.75) is 31.1 Å². The molecule has 0 atom stereocenters. The van der Waals surface area contributed by atoms with Crippen LogP contribution in [0.2, 0.25) is 0 Å². The Balaban J connectivity index is 2.02. The Labute approximate surface area is 140 Å². The summed E-state index contributed by atoms with van der Waals surface area (Å²) in [4.78, 5) is 12.0. The summed E-state index contributed by atoms with van der Waals surface area (Å²) in [6, 6.07) is 8.38. The normalized spacial score (nSPS) is 17.2. The second kappa shape index (κ2) is 8.65. The predicted molar refractivity (Wildman–Crippen MR) is 90.0 cm³/mol. The molecule has 122 valence electrons. The number of carbonyl (C=O) groups is 1. The Bertz CT molecular complexity index is 487. The fourth-order valence-electron chi connectivity index (χ4n) is 2.88. The van der Waals surface area contributed by atoms with Gasteiger partial charge in [-0.2, -0.15) is 0 Å². The quantitative estimate of drug-likeness (QED) is 0.751. The van der Waals surface area contributed by atoms with Crippen LogP contribution in [0.1, 0.15) is 31.2 Å². The smallest absolute Gasteiger partial charge is 0.220 e. The summed E-state index contributed by atoms with van der Waals surface area (Å²) < 4.78 is 11.6. The van der Waals surface area contributed by atoms with Crippen LogP contribution in [0.25, 0.3) is 0 Å². The van der Waals surface area contributed by atoms with Gasteiger partial charge in [0.15, 0.2) is 0 Å². The number of benzene rings is 1. The molecule has 1 heterocycles. The third kappa shape index (κ3) is 4.80. The average molecular weight is 370 g/mol. The van der Waals surface area contributed by atoms with Gasteiger partial charge < -0.3 is 14.8 Å². The first-order valence-electron chi connectivity index (χ1n) is 7.76. The minimum Gasteiger partial charge on any atom is -0.385 e. The fraction of sp³-hybridized carbons (Fsp3) is 0.588. The molecule has 1 fully saturated rings. The van der Waals surface area contributed by atoms with E-state index in [0.717, 1.165) is 36.9 Å². The molecule has 22 heavy (non-hydrogen) atoms. The van der Waals surface area contributed by atoms with Crippen molar-refractivity contribution < 1.29 is 14.3 Å². The van der Waals surface area contributed by atoms with Gasteiger partial charge in [-0.1, -0.05) is 28.1 Å². The first kappa shape index (κ1) is 17.4. The van der Waals surface area contributed by atoms with Gasteiger partial charge in [0, 0.05) is 49.8 Å². The average Bonchev–Trinajstić information content (AvgIpc) is 2.54. The summed E-state index contributed by atoms with van der Waals surface area (Å²) in [5, 5.41) is 3.10. The summed E-state index contributed by atoms with van der Waals surface area (Å²) in [6.07, 6.45) is 3.14. The number of amides is 1. The number of carbonyl (C=O) groups excluding carboxylic acids is 1. The number of ether oxygens (including phenoxy) is 2. The highest BCUT2D eigenvalue weighted by molar-refractivity contribution is 9.10. The number of methoxy groups -OCH3 is 1. The van der Waals surface area contributed by atoms with Crippen molar-refractivity contribution in [2.75, 3.05) is 33.5 Å². The van der Waals surface area contributed by atoms with Crippen molar-refractivity contribution >= 4 is 21.8 Å². The van der Waals surface area contributed by atoms with Crippen LogP contribution in [0, 0.1) is 0 Å². The Kier molecular flexibility index (Phi) is 6.86. The summed E-state index contributed by atoms with van der Waals surface area (Å²) in [5.41, 5.74) is 1.24. The topological polar surface area (TPSA) is 47.6 Å². The molecular weight excluding hydrogens is 346 g/mol. The third-order valence-corrected chi connectivity index (χ3v) is 4.76. The second-order valence-corrected chi connectivity index (χ2v) is 6.69. The molecule has 4 nitrogen and oxygen atoms in total. The Hall–Kier alpha value is -0.910. The molecule has 0 spiro atoms. The number of hydrogen-bond donors (Lipinski definition) is 1. The lowest BCUT2D eigenvalue weighted by Crippen LogP contribution is -2.44. The lowest BCUT2D eigenvalue weighted by atomic mass is 9.74. The van der Waals surface area contributed by atoms with E-state index >= 15 is 0 Å². The van der Waals surface area contributed by atoms with Crippen molar-refractivity contribution in [1.82, 2.24) is 5.32 Å². The number of hydrogen-bond acceptors (Lipinski definition) is 3. The molecule has 0 saturated carbocycles. The van der Waals surface area contributed by atoms with Crippen molar-refractivity contribution in [3.63, 3.8) is 0 Å². The Morgan fingerprint density at radius 3 is 2.86 bits per heavy atom. The molecule has 1 N–H and O–H groups in total. The first-order valence-corrected chi connectivity index (χ1v) is 8.55. The number of rotatable bonds is 7. The van der Waals surface area contributed by atoms with Gasteiger partial charge in [-0.05, 0) is 37.0 Å². The molecule has 5 heteroatoms. The van der Waals surface area contributed by atoms with Gasteiger partial charge in [-0.15, -0.1) is 0 Å². The van der Waals surface area contributed by atoms with Crippen LogP contribution in [0.5, 0.6) is 0 Å². The van der Waals surface area contributed by atoms with Crippen molar-refractivity contribution in [2.24, 2.45) is 0 Å². The van der Waals surface area contributed by atoms with Gasteiger partial charge in [-0.25, -0.2) is 0 Å². The van der Waals surface area contributed by atoms with Gasteiger partial charge in [0.25, 0.3) is 0 Å². The van der Waals surface area contributed by atoms with E-state index in [0.29, 0.717) is 19.6 Å². The largest absolute Gasteiger partial charge is 0.385 e. The van der Waals surface area contributed by atoms with Gasteiger partial charge >= 0.3 is 0 Å². The highest BCUT2D eigenvalue weighted by Gasteiger charge is 2.34. The Morgan fingerprint density at radius 2 is 2.18 bits per heavy atom. The predicted octanol–water partition coefficient (Wildman–Crippen LogP) is 3.04. The van der Waals surface area contributed by atoms with Gasteiger partial charge in [0.05, 0.1) is 0 Å². The number of nitrogens with one attached hydrogen (secondary N) is 1. The zero-order valence-corrected chi connectivity index (χ0v) is 14.7.